The van der Waals surface area contributed by atoms with Crippen molar-refractivity contribution in [2.24, 2.45) is 0 Å². The minimum Gasteiger partial charge on any atom is -0.458 e. The molecule has 13 rings (SSSR count). The molecule has 0 bridgehead atoms. The maximum absolute atomic E-state index is 6.88. The molecule has 0 unspecified atom stereocenters. The number of hydrogen-bond donors (Lipinski definition) is 0. The fourth-order valence-electron chi connectivity index (χ4n) is 10.3. The fourth-order valence-corrected chi connectivity index (χ4v) is 10.3. The van der Waals surface area contributed by atoms with Crippen molar-refractivity contribution in [1.29, 1.82) is 0 Å². The molecule has 13 aromatic rings. The Balaban J connectivity index is 1.11. The predicted molar refractivity (Wildman–Crippen MR) is 266 cm³/mol. The molecular formula is C59H38N2O2. The Hall–Kier alpha value is -8.34. The van der Waals surface area contributed by atoms with Crippen molar-refractivity contribution in [3.05, 3.63) is 212 Å². The van der Waals surface area contributed by atoms with Gasteiger partial charge in [-0.05, 0) is 105 Å². The minimum absolute atomic E-state index is 0.837. The lowest BCUT2D eigenvalue weighted by Gasteiger charge is -2.29. The molecule has 0 radical (unpaired) electrons. The van der Waals surface area contributed by atoms with E-state index in [0.717, 1.165) is 105 Å². The summed E-state index contributed by atoms with van der Waals surface area (Å²) in [4.78, 5) is 4.77. The highest BCUT2D eigenvalue weighted by atomic mass is 16.3. The van der Waals surface area contributed by atoms with Crippen molar-refractivity contribution in [1.82, 2.24) is 0 Å². The van der Waals surface area contributed by atoms with Crippen molar-refractivity contribution in [2.75, 3.05) is 9.80 Å². The van der Waals surface area contributed by atoms with E-state index in [-0.39, 0.29) is 0 Å². The van der Waals surface area contributed by atoms with Gasteiger partial charge in [0.15, 0.2) is 11.2 Å². The maximum Gasteiger partial charge on any atom is 0.160 e. The van der Waals surface area contributed by atoms with E-state index in [0.29, 0.717) is 0 Å². The highest BCUT2D eigenvalue weighted by molar-refractivity contribution is 6.29. The second-order valence-corrected chi connectivity index (χ2v) is 16.4. The van der Waals surface area contributed by atoms with Gasteiger partial charge < -0.3 is 18.6 Å². The van der Waals surface area contributed by atoms with Gasteiger partial charge in [0.2, 0.25) is 0 Å². The molecule has 0 aliphatic rings. The summed E-state index contributed by atoms with van der Waals surface area (Å²) >= 11 is 0. The first-order chi connectivity index (χ1) is 31.1. The summed E-state index contributed by atoms with van der Waals surface area (Å²) in [5, 5.41) is 15.0. The molecule has 63 heavy (non-hydrogen) atoms. The summed E-state index contributed by atoms with van der Waals surface area (Å²) in [5.74, 6) is 0.850. The third kappa shape index (κ3) is 5.16. The van der Waals surface area contributed by atoms with Crippen molar-refractivity contribution < 1.29 is 8.83 Å². The highest BCUT2D eigenvalue weighted by Gasteiger charge is 2.27. The van der Waals surface area contributed by atoms with Crippen LogP contribution >= 0.6 is 0 Å². The zero-order valence-corrected chi connectivity index (χ0v) is 34.5. The second kappa shape index (κ2) is 13.6. The molecule has 0 N–H and O–H groups in total. The highest BCUT2D eigenvalue weighted by Crippen LogP contribution is 2.51. The summed E-state index contributed by atoms with van der Waals surface area (Å²) < 4.78 is 13.6. The zero-order chi connectivity index (χ0) is 41.8. The number of rotatable bonds is 7. The molecule has 296 valence electrons. The third-order valence-corrected chi connectivity index (χ3v) is 13.1. The Kier molecular flexibility index (Phi) is 7.64. The fraction of sp³-hybridized carbons (Fsp3) is 0.0169. The van der Waals surface area contributed by atoms with Gasteiger partial charge in [-0.3, -0.25) is 0 Å². The van der Waals surface area contributed by atoms with E-state index in [9.17, 15) is 0 Å². The number of para-hydroxylation sites is 3. The van der Waals surface area contributed by atoms with Crippen LogP contribution in [0.4, 0.5) is 34.1 Å². The van der Waals surface area contributed by atoms with Crippen molar-refractivity contribution in [2.45, 2.75) is 6.92 Å². The van der Waals surface area contributed by atoms with Gasteiger partial charge >= 0.3 is 0 Å². The molecule has 4 heteroatoms. The third-order valence-electron chi connectivity index (χ3n) is 13.1. The first kappa shape index (κ1) is 35.4. The molecule has 0 atom stereocenters. The van der Waals surface area contributed by atoms with Gasteiger partial charge in [0.05, 0.1) is 22.7 Å². The van der Waals surface area contributed by atoms with Gasteiger partial charge in [0.1, 0.15) is 11.3 Å². The first-order valence-corrected chi connectivity index (χ1v) is 21.5. The number of furan rings is 2. The van der Waals surface area contributed by atoms with Crippen LogP contribution in [0, 0.1) is 6.92 Å². The topological polar surface area (TPSA) is 32.8 Å². The van der Waals surface area contributed by atoms with Crippen LogP contribution in [0.5, 0.6) is 0 Å². The van der Waals surface area contributed by atoms with Crippen LogP contribution in [0.1, 0.15) is 11.3 Å². The number of fused-ring (bicyclic) bond motifs is 8. The number of nitrogens with zero attached hydrogens (tertiary/aromatic N) is 2. The standard InChI is InChI=1S/C59H38N2O2/c1-3-43-36(2)62-58-51(34-39-16-10-12-22-44(39)56(43)58)60(41-18-6-4-7-19-41)49-32-28-37-27-31-47-50(33-29-38-26-30-46(49)54(37)55(38)47)61(42-20-8-5-9-21-42)52-35-40-17-11-13-23-45(40)57-48-24-14-15-25-53(48)63-59(52)57/h3-35H,1H2,2H3. The van der Waals surface area contributed by atoms with E-state index >= 15 is 0 Å². The second-order valence-electron chi connectivity index (χ2n) is 16.4. The van der Waals surface area contributed by atoms with Crippen LogP contribution in [-0.4, -0.2) is 0 Å². The molecule has 0 aliphatic heterocycles. The summed E-state index contributed by atoms with van der Waals surface area (Å²) in [7, 11) is 0. The normalized spacial score (nSPS) is 12.0. The van der Waals surface area contributed by atoms with Gasteiger partial charge in [0.25, 0.3) is 0 Å². The summed E-state index contributed by atoms with van der Waals surface area (Å²) in [6.45, 7) is 6.25. The Bertz CT molecular complexity index is 3960. The Morgan fingerprint density at radius 3 is 1.40 bits per heavy atom. The lowest BCUT2D eigenvalue weighted by Crippen LogP contribution is -2.12. The van der Waals surface area contributed by atoms with Crippen molar-refractivity contribution >= 4 is 127 Å². The number of benzene rings is 11. The summed E-state index contributed by atoms with van der Waals surface area (Å²) in [5.41, 5.74) is 9.79. The van der Waals surface area contributed by atoms with Crippen LogP contribution < -0.4 is 9.80 Å². The summed E-state index contributed by atoms with van der Waals surface area (Å²) in [6.07, 6.45) is 1.92. The first-order valence-electron chi connectivity index (χ1n) is 21.5. The minimum atomic E-state index is 0.837. The molecule has 0 spiro atoms. The Labute approximate surface area is 363 Å². The van der Waals surface area contributed by atoms with Crippen LogP contribution in [0.3, 0.4) is 0 Å². The average Bonchev–Trinajstić information content (AvgIpc) is 3.90. The van der Waals surface area contributed by atoms with Gasteiger partial charge in [-0.15, -0.1) is 0 Å². The van der Waals surface area contributed by atoms with E-state index in [1.807, 2.05) is 19.1 Å². The molecular weight excluding hydrogens is 769 g/mol. The summed E-state index contributed by atoms with van der Waals surface area (Å²) in [6, 6.07) is 69.8. The molecule has 11 aromatic carbocycles. The van der Waals surface area contributed by atoms with E-state index in [2.05, 4.69) is 204 Å². The van der Waals surface area contributed by atoms with Gasteiger partial charge in [-0.2, -0.15) is 0 Å². The lowest BCUT2D eigenvalue weighted by molar-refractivity contribution is 0.578. The van der Waals surface area contributed by atoms with Crippen LogP contribution in [0.15, 0.2) is 210 Å². The SMILES string of the molecule is C=Cc1c(C)oc2c(N(c3ccccc3)c3ccc4ccc5c(N(c6ccccc6)c6cc7ccccc7c7c6oc6ccccc67)ccc6ccc3c4c65)cc3ccccc3c12. The van der Waals surface area contributed by atoms with E-state index < -0.39 is 0 Å². The predicted octanol–water partition coefficient (Wildman–Crippen LogP) is 17.4. The van der Waals surface area contributed by atoms with Crippen molar-refractivity contribution in [3.63, 3.8) is 0 Å². The average molecular weight is 807 g/mol. The largest absolute Gasteiger partial charge is 0.458 e. The molecule has 4 nitrogen and oxygen atoms in total. The van der Waals surface area contributed by atoms with Gasteiger partial charge in [-0.1, -0.05) is 152 Å². The Morgan fingerprint density at radius 1 is 0.381 bits per heavy atom. The lowest BCUT2D eigenvalue weighted by atomic mass is 9.91. The molecule has 0 saturated heterocycles. The van der Waals surface area contributed by atoms with E-state index in [1.165, 1.54) is 26.9 Å². The quantitative estimate of drug-likeness (QED) is 0.150. The molecule has 0 saturated carbocycles. The van der Waals surface area contributed by atoms with Gasteiger partial charge in [0, 0.05) is 43.9 Å². The zero-order valence-electron chi connectivity index (χ0n) is 34.5. The van der Waals surface area contributed by atoms with Crippen LogP contribution in [0.25, 0.3) is 92.8 Å². The molecule has 2 aromatic heterocycles. The van der Waals surface area contributed by atoms with Gasteiger partial charge in [-0.25, -0.2) is 0 Å². The maximum atomic E-state index is 6.88. The monoisotopic (exact) mass is 806 g/mol. The van der Waals surface area contributed by atoms with E-state index in [1.54, 1.807) is 0 Å². The number of anilines is 6. The number of hydrogen-bond acceptors (Lipinski definition) is 4. The Morgan fingerprint density at radius 2 is 0.841 bits per heavy atom. The van der Waals surface area contributed by atoms with Crippen molar-refractivity contribution in [3.8, 4) is 0 Å². The van der Waals surface area contributed by atoms with Crippen LogP contribution in [0.2, 0.25) is 0 Å². The molecule has 0 fully saturated rings. The van der Waals surface area contributed by atoms with Crippen LogP contribution in [-0.2, 0) is 0 Å². The van der Waals surface area contributed by atoms with E-state index in [4.69, 9.17) is 8.83 Å². The molecule has 2 heterocycles. The molecule has 0 aliphatic carbocycles. The smallest absolute Gasteiger partial charge is 0.160 e. The number of aryl methyl sites for hydroxylation is 1. The molecule has 0 amide bonds.